The molecule has 0 aliphatic heterocycles. The number of carbonyl (C=O) groups excluding carboxylic acids is 1. The highest BCUT2D eigenvalue weighted by molar-refractivity contribution is 7.10. The first-order chi connectivity index (χ1) is 6.74. The van der Waals surface area contributed by atoms with Crippen molar-refractivity contribution < 1.29 is 9.90 Å². The summed E-state index contributed by atoms with van der Waals surface area (Å²) in [5.74, 6) is 0.160. The Morgan fingerprint density at radius 3 is 3.00 bits per heavy atom. The van der Waals surface area contributed by atoms with Crippen LogP contribution in [0.5, 0.6) is 0 Å². The number of thiophene rings is 1. The molecular formula is C11H16O2S. The van der Waals surface area contributed by atoms with E-state index in [1.807, 2.05) is 17.5 Å². The van der Waals surface area contributed by atoms with Crippen molar-refractivity contribution in [2.24, 2.45) is 0 Å². The maximum atomic E-state index is 11.4. The molecule has 1 aromatic heterocycles. The first-order valence-electron chi connectivity index (χ1n) is 4.97. The highest BCUT2D eigenvalue weighted by atomic mass is 32.1. The third kappa shape index (κ3) is 3.60. The number of carbonyl (C=O) groups is 1. The molecule has 1 rings (SSSR count). The third-order valence-electron chi connectivity index (χ3n) is 2.10. The number of hydrogen-bond donors (Lipinski definition) is 1. The van der Waals surface area contributed by atoms with Gasteiger partial charge in [-0.05, 0) is 17.9 Å². The van der Waals surface area contributed by atoms with Gasteiger partial charge in [-0.2, -0.15) is 0 Å². The van der Waals surface area contributed by atoms with Crippen molar-refractivity contribution in [3.8, 4) is 0 Å². The summed E-state index contributed by atoms with van der Waals surface area (Å²) in [4.78, 5) is 12.2. The molecule has 14 heavy (non-hydrogen) atoms. The number of aliphatic hydroxyl groups is 1. The van der Waals surface area contributed by atoms with Crippen molar-refractivity contribution in [3.05, 3.63) is 22.4 Å². The van der Waals surface area contributed by atoms with E-state index in [0.717, 1.165) is 17.7 Å². The molecule has 0 fully saturated rings. The minimum absolute atomic E-state index is 0.160. The lowest BCUT2D eigenvalue weighted by atomic mass is 10.1. The van der Waals surface area contributed by atoms with Crippen LogP contribution < -0.4 is 0 Å². The van der Waals surface area contributed by atoms with Crippen LogP contribution >= 0.6 is 11.3 Å². The molecule has 0 aliphatic carbocycles. The van der Waals surface area contributed by atoms with Crippen LogP contribution in [0.15, 0.2) is 17.5 Å². The molecule has 3 heteroatoms. The number of ketones is 1. The molecule has 78 valence electrons. The fraction of sp³-hybridized carbons (Fsp3) is 0.545. The summed E-state index contributed by atoms with van der Waals surface area (Å²) in [5, 5.41) is 11.6. The van der Waals surface area contributed by atoms with Crippen molar-refractivity contribution in [2.45, 2.75) is 38.7 Å². The molecule has 1 atom stereocenters. The van der Waals surface area contributed by atoms with E-state index >= 15 is 0 Å². The molecule has 0 saturated carbocycles. The molecule has 1 N–H and O–H groups in total. The number of hydrogen-bond acceptors (Lipinski definition) is 3. The molecular weight excluding hydrogens is 196 g/mol. The molecule has 0 unspecified atom stereocenters. The molecule has 0 saturated heterocycles. The van der Waals surface area contributed by atoms with Gasteiger partial charge in [0.1, 0.15) is 5.78 Å². The van der Waals surface area contributed by atoms with Gasteiger partial charge in [-0.1, -0.05) is 19.4 Å². The molecule has 0 amide bonds. The number of rotatable bonds is 6. The first-order valence-corrected chi connectivity index (χ1v) is 5.85. The predicted octanol–water partition coefficient (Wildman–Crippen LogP) is 2.93. The average Bonchev–Trinajstić information content (AvgIpc) is 2.67. The zero-order chi connectivity index (χ0) is 10.4. The van der Waals surface area contributed by atoms with Crippen molar-refractivity contribution in [1.29, 1.82) is 0 Å². The summed E-state index contributed by atoms with van der Waals surface area (Å²) < 4.78 is 0. The maximum absolute atomic E-state index is 11.4. The monoisotopic (exact) mass is 212 g/mol. The lowest BCUT2D eigenvalue weighted by Gasteiger charge is -2.06. The zero-order valence-electron chi connectivity index (χ0n) is 8.40. The SMILES string of the molecule is CCCCC(=O)C[C@@H](O)c1cccs1. The van der Waals surface area contributed by atoms with E-state index < -0.39 is 6.10 Å². The van der Waals surface area contributed by atoms with Crippen molar-refractivity contribution in [1.82, 2.24) is 0 Å². The van der Waals surface area contributed by atoms with Crippen LogP contribution in [0.1, 0.15) is 43.6 Å². The molecule has 0 spiro atoms. The quantitative estimate of drug-likeness (QED) is 0.787. The summed E-state index contributed by atoms with van der Waals surface area (Å²) >= 11 is 1.49. The summed E-state index contributed by atoms with van der Waals surface area (Å²) in [7, 11) is 0. The Bertz CT molecular complexity index is 267. The minimum atomic E-state index is -0.598. The van der Waals surface area contributed by atoms with Crippen LogP contribution in [0.2, 0.25) is 0 Å². The van der Waals surface area contributed by atoms with Crippen LogP contribution in [0, 0.1) is 0 Å². The second kappa shape index (κ2) is 5.94. The molecule has 0 aliphatic rings. The van der Waals surface area contributed by atoms with Crippen molar-refractivity contribution >= 4 is 17.1 Å². The minimum Gasteiger partial charge on any atom is -0.387 e. The first kappa shape index (κ1) is 11.4. The van der Waals surface area contributed by atoms with Crippen LogP contribution in [0.25, 0.3) is 0 Å². The Hall–Kier alpha value is -0.670. The zero-order valence-corrected chi connectivity index (χ0v) is 9.22. The summed E-state index contributed by atoms with van der Waals surface area (Å²) in [5.41, 5.74) is 0. The van der Waals surface area contributed by atoms with E-state index in [0.29, 0.717) is 6.42 Å². The lowest BCUT2D eigenvalue weighted by molar-refractivity contribution is -0.121. The Kier molecular flexibility index (Phi) is 4.84. The second-order valence-corrected chi connectivity index (χ2v) is 4.36. The van der Waals surface area contributed by atoms with E-state index in [-0.39, 0.29) is 12.2 Å². The van der Waals surface area contributed by atoms with Crippen LogP contribution in [0.3, 0.4) is 0 Å². The fourth-order valence-corrected chi connectivity index (χ4v) is 1.98. The Morgan fingerprint density at radius 1 is 1.64 bits per heavy atom. The molecule has 2 nitrogen and oxygen atoms in total. The highest BCUT2D eigenvalue weighted by Gasteiger charge is 2.12. The smallest absolute Gasteiger partial charge is 0.135 e. The Morgan fingerprint density at radius 2 is 2.43 bits per heavy atom. The largest absolute Gasteiger partial charge is 0.387 e. The average molecular weight is 212 g/mol. The predicted molar refractivity (Wildman–Crippen MR) is 58.4 cm³/mol. The Labute approximate surface area is 88.6 Å². The normalized spacial score (nSPS) is 12.7. The number of Topliss-reactive ketones (excluding diaryl/α,β-unsaturated/α-hetero) is 1. The van der Waals surface area contributed by atoms with Crippen LogP contribution in [-0.4, -0.2) is 10.9 Å². The van der Waals surface area contributed by atoms with E-state index in [4.69, 9.17) is 0 Å². The van der Waals surface area contributed by atoms with Gasteiger partial charge in [0.2, 0.25) is 0 Å². The topological polar surface area (TPSA) is 37.3 Å². The van der Waals surface area contributed by atoms with E-state index in [1.54, 1.807) is 0 Å². The van der Waals surface area contributed by atoms with E-state index in [2.05, 4.69) is 6.92 Å². The standard InChI is InChI=1S/C11H16O2S/c1-2-3-5-9(12)8-10(13)11-6-4-7-14-11/h4,6-7,10,13H,2-3,5,8H2,1H3/t10-/m1/s1. The molecule has 1 heterocycles. The molecule has 0 aromatic carbocycles. The van der Waals surface area contributed by atoms with Gasteiger partial charge in [0.05, 0.1) is 6.10 Å². The van der Waals surface area contributed by atoms with Gasteiger partial charge in [-0.3, -0.25) is 4.79 Å². The van der Waals surface area contributed by atoms with E-state index in [1.165, 1.54) is 11.3 Å². The lowest BCUT2D eigenvalue weighted by Crippen LogP contribution is -2.05. The van der Waals surface area contributed by atoms with Gasteiger partial charge >= 0.3 is 0 Å². The Balaban J connectivity index is 2.33. The molecule has 0 radical (unpaired) electrons. The number of unbranched alkanes of at least 4 members (excludes halogenated alkanes) is 1. The van der Waals surface area contributed by atoms with Crippen LogP contribution in [0.4, 0.5) is 0 Å². The summed E-state index contributed by atoms with van der Waals surface area (Å²) in [6.07, 6.45) is 2.22. The third-order valence-corrected chi connectivity index (χ3v) is 3.08. The van der Waals surface area contributed by atoms with Gasteiger partial charge in [-0.15, -0.1) is 11.3 Å². The maximum Gasteiger partial charge on any atom is 0.135 e. The molecule has 0 bridgehead atoms. The summed E-state index contributed by atoms with van der Waals surface area (Å²) in [6, 6.07) is 3.75. The van der Waals surface area contributed by atoms with E-state index in [9.17, 15) is 9.90 Å². The van der Waals surface area contributed by atoms with Crippen molar-refractivity contribution in [3.63, 3.8) is 0 Å². The van der Waals surface area contributed by atoms with Gasteiger partial charge in [0, 0.05) is 17.7 Å². The molecule has 1 aromatic rings. The second-order valence-electron chi connectivity index (χ2n) is 3.38. The number of aliphatic hydroxyl groups excluding tert-OH is 1. The van der Waals surface area contributed by atoms with Gasteiger partial charge in [0.25, 0.3) is 0 Å². The van der Waals surface area contributed by atoms with Gasteiger partial charge < -0.3 is 5.11 Å². The van der Waals surface area contributed by atoms with Crippen molar-refractivity contribution in [2.75, 3.05) is 0 Å². The van der Waals surface area contributed by atoms with Gasteiger partial charge in [0.15, 0.2) is 0 Å². The van der Waals surface area contributed by atoms with Crippen LogP contribution in [-0.2, 0) is 4.79 Å². The fourth-order valence-electron chi connectivity index (χ4n) is 1.27. The highest BCUT2D eigenvalue weighted by Crippen LogP contribution is 2.22. The summed E-state index contributed by atoms with van der Waals surface area (Å²) in [6.45, 7) is 2.06. The van der Waals surface area contributed by atoms with Gasteiger partial charge in [-0.25, -0.2) is 0 Å².